The molecular weight excluding hydrogens is 317 g/mol. The van der Waals surface area contributed by atoms with Crippen LogP contribution in [-0.2, 0) is 11.3 Å². The molecule has 0 saturated carbocycles. The van der Waals surface area contributed by atoms with E-state index < -0.39 is 23.5 Å². The Morgan fingerprint density at radius 1 is 1.12 bits per heavy atom. The summed E-state index contributed by atoms with van der Waals surface area (Å²) in [5.41, 5.74) is 1.14. The third-order valence-electron chi connectivity index (χ3n) is 3.91. The summed E-state index contributed by atoms with van der Waals surface area (Å²) in [4.78, 5) is 13.9. The standard InChI is InChI=1S/C18H19F3N2O/c1-11-4-7-15(9-16(11)20)22-18(24)12(2)23(3)10-13-5-6-14(19)8-17(13)21/h4-9,12H,10H2,1-3H3,(H,22,24). The number of hydrogen-bond acceptors (Lipinski definition) is 2. The number of carbonyl (C=O) groups is 1. The van der Waals surface area contributed by atoms with Gasteiger partial charge >= 0.3 is 0 Å². The van der Waals surface area contributed by atoms with Gasteiger partial charge in [0.15, 0.2) is 0 Å². The van der Waals surface area contributed by atoms with Crippen molar-refractivity contribution in [1.29, 1.82) is 0 Å². The smallest absolute Gasteiger partial charge is 0.241 e. The van der Waals surface area contributed by atoms with Crippen LogP contribution in [0.3, 0.4) is 0 Å². The van der Waals surface area contributed by atoms with Crippen molar-refractivity contribution in [3.8, 4) is 0 Å². The lowest BCUT2D eigenvalue weighted by molar-refractivity contribution is -0.120. The maximum Gasteiger partial charge on any atom is 0.241 e. The Bertz CT molecular complexity index is 749. The van der Waals surface area contributed by atoms with Crippen LogP contribution in [0.5, 0.6) is 0 Å². The van der Waals surface area contributed by atoms with E-state index in [0.29, 0.717) is 16.8 Å². The Kier molecular flexibility index (Phi) is 5.62. The number of amides is 1. The van der Waals surface area contributed by atoms with Crippen molar-refractivity contribution >= 4 is 11.6 Å². The molecule has 2 aromatic carbocycles. The number of aryl methyl sites for hydroxylation is 1. The zero-order valence-electron chi connectivity index (χ0n) is 13.7. The van der Waals surface area contributed by atoms with Crippen LogP contribution in [0.4, 0.5) is 18.9 Å². The maximum absolute atomic E-state index is 13.7. The molecule has 0 spiro atoms. The van der Waals surface area contributed by atoms with Gasteiger partial charge in [0.05, 0.1) is 6.04 Å². The van der Waals surface area contributed by atoms with Gasteiger partial charge in [-0.25, -0.2) is 13.2 Å². The van der Waals surface area contributed by atoms with Crippen LogP contribution < -0.4 is 5.32 Å². The Labute approximate surface area is 139 Å². The van der Waals surface area contributed by atoms with Gasteiger partial charge in [-0.3, -0.25) is 9.69 Å². The first-order valence-electron chi connectivity index (χ1n) is 7.49. The first-order chi connectivity index (χ1) is 11.3. The number of carbonyl (C=O) groups excluding carboxylic acids is 1. The maximum atomic E-state index is 13.7. The zero-order chi connectivity index (χ0) is 17.9. The van der Waals surface area contributed by atoms with Crippen molar-refractivity contribution in [1.82, 2.24) is 4.90 Å². The molecule has 0 aliphatic carbocycles. The molecule has 0 aromatic heterocycles. The highest BCUT2D eigenvalue weighted by Crippen LogP contribution is 2.16. The highest BCUT2D eigenvalue weighted by Gasteiger charge is 2.19. The molecule has 128 valence electrons. The third-order valence-corrected chi connectivity index (χ3v) is 3.91. The fourth-order valence-corrected chi connectivity index (χ4v) is 2.17. The minimum atomic E-state index is -0.657. The molecule has 0 fully saturated rings. The van der Waals surface area contributed by atoms with Crippen molar-refractivity contribution < 1.29 is 18.0 Å². The summed E-state index contributed by atoms with van der Waals surface area (Å²) in [6.45, 7) is 3.43. The van der Waals surface area contributed by atoms with Gasteiger partial charge in [-0.2, -0.15) is 0 Å². The number of halogens is 3. The second-order valence-corrected chi connectivity index (χ2v) is 5.78. The summed E-state index contributed by atoms with van der Waals surface area (Å²) in [5, 5.41) is 2.63. The zero-order valence-corrected chi connectivity index (χ0v) is 13.7. The van der Waals surface area contributed by atoms with Crippen molar-refractivity contribution in [2.75, 3.05) is 12.4 Å². The van der Waals surface area contributed by atoms with E-state index in [9.17, 15) is 18.0 Å². The molecule has 0 radical (unpaired) electrons. The van der Waals surface area contributed by atoms with Crippen LogP contribution in [0.1, 0.15) is 18.1 Å². The Morgan fingerprint density at radius 3 is 2.46 bits per heavy atom. The van der Waals surface area contributed by atoms with Crippen molar-refractivity contribution in [3.63, 3.8) is 0 Å². The largest absolute Gasteiger partial charge is 0.325 e. The lowest BCUT2D eigenvalue weighted by Crippen LogP contribution is -2.39. The second-order valence-electron chi connectivity index (χ2n) is 5.78. The van der Waals surface area contributed by atoms with Gasteiger partial charge in [0.25, 0.3) is 0 Å². The van der Waals surface area contributed by atoms with E-state index >= 15 is 0 Å². The predicted octanol–water partition coefficient (Wildman–Crippen LogP) is 3.87. The normalized spacial score (nSPS) is 12.3. The SMILES string of the molecule is Cc1ccc(NC(=O)C(C)N(C)Cc2ccc(F)cc2F)cc1F. The van der Waals surface area contributed by atoms with Crippen molar-refractivity contribution in [3.05, 3.63) is 65.0 Å². The number of nitrogens with zero attached hydrogens (tertiary/aromatic N) is 1. The number of rotatable bonds is 5. The molecule has 0 aliphatic heterocycles. The number of hydrogen-bond donors (Lipinski definition) is 1. The Balaban J connectivity index is 2.02. The van der Waals surface area contributed by atoms with Crippen LogP contribution >= 0.6 is 0 Å². The molecule has 2 aromatic rings. The number of anilines is 1. The van der Waals surface area contributed by atoms with E-state index in [0.717, 1.165) is 6.07 Å². The Hall–Kier alpha value is -2.34. The number of benzene rings is 2. The minimum absolute atomic E-state index is 0.142. The van der Waals surface area contributed by atoms with E-state index in [2.05, 4.69) is 5.32 Å². The summed E-state index contributed by atoms with van der Waals surface area (Å²) >= 11 is 0. The van der Waals surface area contributed by atoms with E-state index in [1.54, 1.807) is 37.9 Å². The van der Waals surface area contributed by atoms with Gasteiger partial charge in [0.2, 0.25) is 5.91 Å². The lowest BCUT2D eigenvalue weighted by atomic mass is 10.1. The third kappa shape index (κ3) is 4.35. The highest BCUT2D eigenvalue weighted by molar-refractivity contribution is 5.94. The molecule has 2 rings (SSSR count). The topological polar surface area (TPSA) is 32.3 Å². The summed E-state index contributed by atoms with van der Waals surface area (Å²) in [7, 11) is 1.66. The van der Waals surface area contributed by atoms with E-state index in [-0.39, 0.29) is 12.5 Å². The summed E-state index contributed by atoms with van der Waals surface area (Å²) in [5.74, 6) is -2.05. The lowest BCUT2D eigenvalue weighted by Gasteiger charge is -2.24. The quantitative estimate of drug-likeness (QED) is 0.899. The molecule has 3 nitrogen and oxygen atoms in total. The highest BCUT2D eigenvalue weighted by atomic mass is 19.1. The predicted molar refractivity (Wildman–Crippen MR) is 87.1 cm³/mol. The molecule has 1 amide bonds. The first-order valence-corrected chi connectivity index (χ1v) is 7.49. The van der Waals surface area contributed by atoms with Crippen molar-refractivity contribution in [2.24, 2.45) is 0 Å². The van der Waals surface area contributed by atoms with E-state index in [1.807, 2.05) is 0 Å². The molecule has 1 unspecified atom stereocenters. The van der Waals surface area contributed by atoms with Gasteiger partial charge in [-0.1, -0.05) is 12.1 Å². The first kappa shape index (κ1) is 18.0. The van der Waals surface area contributed by atoms with E-state index in [4.69, 9.17) is 0 Å². The number of nitrogens with one attached hydrogen (secondary N) is 1. The second kappa shape index (κ2) is 7.49. The molecule has 0 aliphatic rings. The van der Waals surface area contributed by atoms with Gasteiger partial charge in [0, 0.05) is 23.9 Å². The van der Waals surface area contributed by atoms with Gasteiger partial charge < -0.3 is 5.32 Å². The Morgan fingerprint density at radius 2 is 1.83 bits per heavy atom. The molecule has 1 atom stereocenters. The molecule has 0 bridgehead atoms. The van der Waals surface area contributed by atoms with Crippen LogP contribution in [0.2, 0.25) is 0 Å². The van der Waals surface area contributed by atoms with Gasteiger partial charge in [-0.15, -0.1) is 0 Å². The molecule has 1 N–H and O–H groups in total. The molecule has 0 saturated heterocycles. The monoisotopic (exact) mass is 336 g/mol. The van der Waals surface area contributed by atoms with Crippen molar-refractivity contribution in [2.45, 2.75) is 26.4 Å². The fraction of sp³-hybridized carbons (Fsp3) is 0.278. The molecular formula is C18H19F3N2O. The van der Waals surface area contributed by atoms with Crippen LogP contribution in [0.15, 0.2) is 36.4 Å². The summed E-state index contributed by atoms with van der Waals surface area (Å²) in [6.07, 6.45) is 0. The van der Waals surface area contributed by atoms with E-state index in [1.165, 1.54) is 18.2 Å². The fourth-order valence-electron chi connectivity index (χ4n) is 2.17. The van der Waals surface area contributed by atoms with Gasteiger partial charge in [0.1, 0.15) is 17.5 Å². The molecule has 6 heteroatoms. The van der Waals surface area contributed by atoms with Crippen LogP contribution in [0.25, 0.3) is 0 Å². The minimum Gasteiger partial charge on any atom is -0.325 e. The molecule has 24 heavy (non-hydrogen) atoms. The van der Waals surface area contributed by atoms with Gasteiger partial charge in [-0.05, 0) is 44.7 Å². The number of likely N-dealkylation sites (N-methyl/N-ethyl adjacent to an activating group) is 1. The summed E-state index contributed by atoms with van der Waals surface area (Å²) in [6, 6.07) is 7.19. The molecule has 0 heterocycles. The average Bonchev–Trinajstić information content (AvgIpc) is 2.52. The summed E-state index contributed by atoms with van der Waals surface area (Å²) < 4.78 is 40.1. The van der Waals surface area contributed by atoms with Crippen LogP contribution in [-0.4, -0.2) is 23.9 Å². The van der Waals surface area contributed by atoms with Crippen LogP contribution in [0, 0.1) is 24.4 Å². The average molecular weight is 336 g/mol.